The summed E-state index contributed by atoms with van der Waals surface area (Å²) >= 11 is 1.95. The van der Waals surface area contributed by atoms with E-state index in [-0.39, 0.29) is 11.8 Å². The largest absolute Gasteiger partial charge is 0.481 e. The molecule has 2 N–H and O–H groups in total. The van der Waals surface area contributed by atoms with Gasteiger partial charge in [-0.2, -0.15) is 11.8 Å². The standard InChI is InChI=1S/C15H26N2O3S/c1-21-13-4-2-12(3-5-13)16-10-14(18)17-8-6-11(7-9-17)15(19)20/h11-13,16H,2-10H2,1H3,(H,19,20). The van der Waals surface area contributed by atoms with E-state index in [2.05, 4.69) is 11.6 Å². The number of carboxylic acid groups (broad SMARTS) is 1. The quantitative estimate of drug-likeness (QED) is 0.806. The van der Waals surface area contributed by atoms with Crippen molar-refractivity contribution in [3.63, 3.8) is 0 Å². The summed E-state index contributed by atoms with van der Waals surface area (Å²) in [4.78, 5) is 24.9. The Bertz CT molecular complexity index is 362. The van der Waals surface area contributed by atoms with Gasteiger partial charge in [0.05, 0.1) is 12.5 Å². The number of carbonyl (C=O) groups is 2. The van der Waals surface area contributed by atoms with Crippen LogP contribution >= 0.6 is 11.8 Å². The summed E-state index contributed by atoms with van der Waals surface area (Å²) in [6.07, 6.45) is 8.11. The van der Waals surface area contributed by atoms with E-state index in [9.17, 15) is 9.59 Å². The first-order valence-corrected chi connectivity index (χ1v) is 9.15. The van der Waals surface area contributed by atoms with Gasteiger partial charge in [0.15, 0.2) is 0 Å². The molecular formula is C15H26N2O3S. The van der Waals surface area contributed by atoms with Gasteiger partial charge in [-0.3, -0.25) is 9.59 Å². The summed E-state index contributed by atoms with van der Waals surface area (Å²) in [6, 6.07) is 0.467. The van der Waals surface area contributed by atoms with Crippen molar-refractivity contribution in [3.05, 3.63) is 0 Å². The molecule has 1 aliphatic carbocycles. The van der Waals surface area contributed by atoms with Gasteiger partial charge in [0.1, 0.15) is 0 Å². The monoisotopic (exact) mass is 314 g/mol. The second-order valence-electron chi connectivity index (χ2n) is 6.08. The fourth-order valence-electron chi connectivity index (χ4n) is 3.22. The zero-order valence-corrected chi connectivity index (χ0v) is 13.5. The fourth-order valence-corrected chi connectivity index (χ4v) is 3.97. The van der Waals surface area contributed by atoms with Gasteiger partial charge in [0.25, 0.3) is 0 Å². The van der Waals surface area contributed by atoms with Crippen molar-refractivity contribution in [2.24, 2.45) is 5.92 Å². The van der Waals surface area contributed by atoms with Crippen molar-refractivity contribution >= 4 is 23.6 Å². The van der Waals surface area contributed by atoms with Gasteiger partial charge in [-0.25, -0.2) is 0 Å². The predicted molar refractivity (Wildman–Crippen MR) is 84.5 cm³/mol. The number of aliphatic carboxylic acids is 1. The number of nitrogens with zero attached hydrogens (tertiary/aromatic N) is 1. The molecule has 1 amide bonds. The molecule has 0 atom stereocenters. The number of carboxylic acids is 1. The third-order valence-electron chi connectivity index (χ3n) is 4.75. The van der Waals surface area contributed by atoms with Crippen LogP contribution in [0.3, 0.4) is 0 Å². The van der Waals surface area contributed by atoms with Crippen LogP contribution in [0.1, 0.15) is 38.5 Å². The fraction of sp³-hybridized carbons (Fsp3) is 0.867. The minimum Gasteiger partial charge on any atom is -0.481 e. The summed E-state index contributed by atoms with van der Waals surface area (Å²) < 4.78 is 0. The smallest absolute Gasteiger partial charge is 0.306 e. The van der Waals surface area contributed by atoms with Crippen LogP contribution in [0, 0.1) is 5.92 Å². The first-order valence-electron chi connectivity index (χ1n) is 7.87. The summed E-state index contributed by atoms with van der Waals surface area (Å²) in [5.74, 6) is -0.888. The van der Waals surface area contributed by atoms with Crippen LogP contribution in [0.15, 0.2) is 0 Å². The minimum atomic E-state index is -0.731. The Morgan fingerprint density at radius 3 is 2.29 bits per heavy atom. The van der Waals surface area contributed by atoms with Crippen molar-refractivity contribution in [1.82, 2.24) is 10.2 Å². The first kappa shape index (κ1) is 16.6. The Hall–Kier alpha value is -0.750. The number of carbonyl (C=O) groups excluding carboxylic acids is 1. The van der Waals surface area contributed by atoms with E-state index < -0.39 is 5.97 Å². The predicted octanol–water partition coefficient (Wildman–Crippen LogP) is 1.57. The molecular weight excluding hydrogens is 288 g/mol. The first-order chi connectivity index (χ1) is 10.1. The van der Waals surface area contributed by atoms with Gasteiger partial charge in [-0.15, -0.1) is 0 Å². The number of piperidine rings is 1. The maximum atomic E-state index is 12.1. The molecule has 1 heterocycles. The average Bonchev–Trinajstić information content (AvgIpc) is 2.53. The molecule has 21 heavy (non-hydrogen) atoms. The van der Waals surface area contributed by atoms with Gasteiger partial charge >= 0.3 is 5.97 Å². The van der Waals surface area contributed by atoms with Crippen LogP contribution in [0.25, 0.3) is 0 Å². The maximum Gasteiger partial charge on any atom is 0.306 e. The van der Waals surface area contributed by atoms with Crippen LogP contribution in [0.5, 0.6) is 0 Å². The van der Waals surface area contributed by atoms with Crippen molar-refractivity contribution in [1.29, 1.82) is 0 Å². The van der Waals surface area contributed by atoms with Gasteiger partial charge in [0.2, 0.25) is 5.91 Å². The third kappa shape index (κ3) is 4.88. The highest BCUT2D eigenvalue weighted by atomic mass is 32.2. The molecule has 0 radical (unpaired) electrons. The highest BCUT2D eigenvalue weighted by molar-refractivity contribution is 7.99. The molecule has 5 nitrogen and oxygen atoms in total. The SMILES string of the molecule is CSC1CCC(NCC(=O)N2CCC(C(=O)O)CC2)CC1. The van der Waals surface area contributed by atoms with Gasteiger partial charge in [0, 0.05) is 24.4 Å². The van der Waals surface area contributed by atoms with Crippen LogP contribution in [-0.4, -0.2) is 59.1 Å². The van der Waals surface area contributed by atoms with E-state index >= 15 is 0 Å². The molecule has 0 unspecified atom stereocenters. The molecule has 1 saturated heterocycles. The second-order valence-corrected chi connectivity index (χ2v) is 7.22. The Labute approximate surface area is 130 Å². The van der Waals surface area contributed by atoms with Gasteiger partial charge in [-0.05, 0) is 44.8 Å². The Morgan fingerprint density at radius 1 is 1.14 bits per heavy atom. The Morgan fingerprint density at radius 2 is 1.76 bits per heavy atom. The number of hydrogen-bond donors (Lipinski definition) is 2. The van der Waals surface area contributed by atoms with E-state index in [0.29, 0.717) is 38.5 Å². The number of amides is 1. The van der Waals surface area contributed by atoms with Crippen molar-refractivity contribution in [3.8, 4) is 0 Å². The van der Waals surface area contributed by atoms with E-state index in [1.54, 1.807) is 4.90 Å². The lowest BCUT2D eigenvalue weighted by molar-refractivity contribution is -0.145. The molecule has 0 aromatic rings. The molecule has 1 aliphatic heterocycles. The molecule has 120 valence electrons. The number of likely N-dealkylation sites (tertiary alicyclic amines) is 1. The molecule has 2 aliphatic rings. The average molecular weight is 314 g/mol. The molecule has 0 aromatic carbocycles. The molecule has 6 heteroatoms. The lowest BCUT2D eigenvalue weighted by Crippen LogP contribution is -2.46. The Kier molecular flexibility index (Phi) is 6.36. The molecule has 2 fully saturated rings. The lowest BCUT2D eigenvalue weighted by atomic mass is 9.95. The summed E-state index contributed by atoms with van der Waals surface area (Å²) in [5.41, 5.74) is 0. The zero-order valence-electron chi connectivity index (χ0n) is 12.7. The van der Waals surface area contributed by atoms with E-state index in [1.807, 2.05) is 11.8 Å². The van der Waals surface area contributed by atoms with Crippen LogP contribution < -0.4 is 5.32 Å². The van der Waals surface area contributed by atoms with Crippen molar-refractivity contribution in [2.75, 3.05) is 25.9 Å². The van der Waals surface area contributed by atoms with Gasteiger partial charge in [-0.1, -0.05) is 0 Å². The molecule has 2 rings (SSSR count). The van der Waals surface area contributed by atoms with E-state index in [4.69, 9.17) is 5.11 Å². The topological polar surface area (TPSA) is 69.6 Å². The molecule has 0 spiro atoms. The normalized spacial score (nSPS) is 27.6. The second kappa shape index (κ2) is 8.03. The number of thioether (sulfide) groups is 1. The molecule has 0 aromatic heterocycles. The third-order valence-corrected chi connectivity index (χ3v) is 5.88. The van der Waals surface area contributed by atoms with Gasteiger partial charge < -0.3 is 15.3 Å². The highest BCUT2D eigenvalue weighted by Gasteiger charge is 2.27. The summed E-state index contributed by atoms with van der Waals surface area (Å²) in [7, 11) is 0. The van der Waals surface area contributed by atoms with Crippen molar-refractivity contribution < 1.29 is 14.7 Å². The van der Waals surface area contributed by atoms with Crippen LogP contribution in [0.2, 0.25) is 0 Å². The molecule has 1 saturated carbocycles. The highest BCUT2D eigenvalue weighted by Crippen LogP contribution is 2.26. The maximum absolute atomic E-state index is 12.1. The number of nitrogens with one attached hydrogen (secondary N) is 1. The number of rotatable bonds is 5. The van der Waals surface area contributed by atoms with Crippen LogP contribution in [0.4, 0.5) is 0 Å². The minimum absolute atomic E-state index is 0.117. The zero-order chi connectivity index (χ0) is 15.2. The van der Waals surface area contributed by atoms with Crippen LogP contribution in [-0.2, 0) is 9.59 Å². The van der Waals surface area contributed by atoms with E-state index in [1.165, 1.54) is 12.8 Å². The summed E-state index contributed by atoms with van der Waals surface area (Å²) in [6.45, 7) is 1.56. The lowest BCUT2D eigenvalue weighted by Gasteiger charge is -2.32. The molecule has 0 bridgehead atoms. The Balaban J connectivity index is 1.65. The van der Waals surface area contributed by atoms with Crippen molar-refractivity contribution in [2.45, 2.75) is 49.8 Å². The van der Waals surface area contributed by atoms with E-state index in [0.717, 1.165) is 18.1 Å². The summed E-state index contributed by atoms with van der Waals surface area (Å²) in [5, 5.41) is 13.1. The number of hydrogen-bond acceptors (Lipinski definition) is 4.